The molecule has 0 radical (unpaired) electrons. The van der Waals surface area contributed by atoms with Crippen LogP contribution in [0.3, 0.4) is 0 Å². The predicted molar refractivity (Wildman–Crippen MR) is 126 cm³/mol. The highest BCUT2D eigenvalue weighted by Gasteiger charge is 2.26. The van der Waals surface area contributed by atoms with Crippen molar-refractivity contribution in [1.29, 1.82) is 0 Å². The van der Waals surface area contributed by atoms with E-state index < -0.39 is 0 Å². The molecule has 0 aromatic heterocycles. The van der Waals surface area contributed by atoms with E-state index in [0.717, 1.165) is 5.57 Å². The van der Waals surface area contributed by atoms with Crippen molar-refractivity contribution in [2.75, 3.05) is 27.2 Å². The van der Waals surface area contributed by atoms with Gasteiger partial charge in [-0.3, -0.25) is 9.69 Å². The molecule has 0 N–H and O–H groups in total. The molecule has 1 aliphatic carbocycles. The second-order valence-corrected chi connectivity index (χ2v) is 8.40. The molecular formula is C24H38BrNO2. The van der Waals surface area contributed by atoms with Crippen LogP contribution in [0.25, 0.3) is 0 Å². The first-order chi connectivity index (χ1) is 12.6. The third-order valence-corrected chi connectivity index (χ3v) is 4.87. The van der Waals surface area contributed by atoms with Gasteiger partial charge in [0, 0.05) is 0 Å². The third-order valence-electron chi connectivity index (χ3n) is 4.87. The van der Waals surface area contributed by atoms with E-state index in [2.05, 4.69) is 45.9 Å². The number of halogens is 1. The van der Waals surface area contributed by atoms with Crippen LogP contribution in [-0.2, 0) is 9.53 Å². The molecule has 0 aromatic rings. The zero-order valence-corrected chi connectivity index (χ0v) is 20.4. The van der Waals surface area contributed by atoms with Gasteiger partial charge in [0.1, 0.15) is 6.61 Å². The highest BCUT2D eigenvalue weighted by atomic mass is 79.9. The average Bonchev–Trinajstić information content (AvgIpc) is 2.53. The number of esters is 1. The smallest absolute Gasteiger partial charge is 0.320 e. The lowest BCUT2D eigenvalue weighted by molar-refractivity contribution is -0.143. The van der Waals surface area contributed by atoms with Crippen molar-refractivity contribution < 1.29 is 9.53 Å². The molecule has 158 valence electrons. The lowest BCUT2D eigenvalue weighted by Crippen LogP contribution is -2.23. The molecule has 0 atom stereocenters. The molecule has 1 rings (SSSR count). The number of hydrogen-bond donors (Lipinski definition) is 0. The number of rotatable bonds is 8. The van der Waals surface area contributed by atoms with E-state index in [1.54, 1.807) is 4.90 Å². The summed E-state index contributed by atoms with van der Waals surface area (Å²) in [6, 6.07) is 0. The minimum atomic E-state index is -0.204. The van der Waals surface area contributed by atoms with E-state index in [4.69, 9.17) is 4.74 Å². The van der Waals surface area contributed by atoms with Crippen LogP contribution in [0.5, 0.6) is 0 Å². The van der Waals surface area contributed by atoms with Crippen LogP contribution in [0.1, 0.15) is 53.9 Å². The van der Waals surface area contributed by atoms with Gasteiger partial charge in [0.05, 0.1) is 6.54 Å². The summed E-state index contributed by atoms with van der Waals surface area (Å²) in [6.07, 6.45) is 16.4. The first-order valence-corrected chi connectivity index (χ1v) is 9.82. The van der Waals surface area contributed by atoms with E-state index in [0.29, 0.717) is 13.2 Å². The van der Waals surface area contributed by atoms with Crippen molar-refractivity contribution in [3.8, 4) is 0 Å². The van der Waals surface area contributed by atoms with Crippen LogP contribution in [0.15, 0.2) is 58.7 Å². The maximum Gasteiger partial charge on any atom is 0.320 e. The SMILES string of the molecule is Br.CC1=C(/C=C/C(C)=C/C=C/C(C)=C/COC(=O)CN(C)C)C(C)(C)CCC1. The summed E-state index contributed by atoms with van der Waals surface area (Å²) in [5.74, 6) is -0.204. The molecule has 0 bridgehead atoms. The summed E-state index contributed by atoms with van der Waals surface area (Å²) >= 11 is 0. The molecule has 0 unspecified atom stereocenters. The first-order valence-electron chi connectivity index (χ1n) is 9.82. The van der Waals surface area contributed by atoms with E-state index in [1.807, 2.05) is 39.2 Å². The maximum atomic E-state index is 11.5. The molecule has 0 saturated heterocycles. The van der Waals surface area contributed by atoms with Crippen molar-refractivity contribution in [3.63, 3.8) is 0 Å². The Bertz CT molecular complexity index is 664. The zero-order valence-electron chi connectivity index (χ0n) is 18.7. The van der Waals surface area contributed by atoms with Crippen molar-refractivity contribution in [3.05, 3.63) is 58.7 Å². The molecule has 4 heteroatoms. The van der Waals surface area contributed by atoms with Gasteiger partial charge in [0.25, 0.3) is 0 Å². The topological polar surface area (TPSA) is 29.5 Å². The Morgan fingerprint density at radius 1 is 1.18 bits per heavy atom. The first kappa shape index (κ1) is 26.6. The van der Waals surface area contributed by atoms with Crippen LogP contribution < -0.4 is 0 Å². The van der Waals surface area contributed by atoms with E-state index in [-0.39, 0.29) is 28.4 Å². The lowest BCUT2D eigenvalue weighted by atomic mass is 9.72. The number of allylic oxidation sites excluding steroid dienone is 9. The van der Waals surface area contributed by atoms with E-state index in [1.165, 1.54) is 36.0 Å². The Morgan fingerprint density at radius 2 is 1.86 bits per heavy atom. The van der Waals surface area contributed by atoms with Crippen LogP contribution in [0.4, 0.5) is 0 Å². The number of nitrogens with zero attached hydrogens (tertiary/aromatic N) is 1. The lowest BCUT2D eigenvalue weighted by Gasteiger charge is -2.32. The van der Waals surface area contributed by atoms with Crippen LogP contribution in [0, 0.1) is 5.41 Å². The second-order valence-electron chi connectivity index (χ2n) is 8.40. The average molecular weight is 452 g/mol. The predicted octanol–water partition coefficient (Wildman–Crippen LogP) is 6.20. The fourth-order valence-electron chi connectivity index (χ4n) is 3.27. The summed E-state index contributed by atoms with van der Waals surface area (Å²) in [7, 11) is 3.70. The van der Waals surface area contributed by atoms with Crippen molar-refractivity contribution in [1.82, 2.24) is 4.90 Å². The maximum absolute atomic E-state index is 11.5. The Hall–Kier alpha value is -1.39. The van der Waals surface area contributed by atoms with Gasteiger partial charge in [-0.05, 0) is 71.2 Å². The normalized spacial score (nSPS) is 18.1. The monoisotopic (exact) mass is 451 g/mol. The van der Waals surface area contributed by atoms with E-state index in [9.17, 15) is 4.79 Å². The van der Waals surface area contributed by atoms with Crippen LogP contribution >= 0.6 is 17.0 Å². The Kier molecular flexibility index (Phi) is 12.3. The Balaban J connectivity index is 0.00000729. The molecule has 28 heavy (non-hydrogen) atoms. The Morgan fingerprint density at radius 3 is 2.46 bits per heavy atom. The summed E-state index contributed by atoms with van der Waals surface area (Å²) in [4.78, 5) is 13.3. The fraction of sp³-hybridized carbons (Fsp3) is 0.542. The quantitative estimate of drug-likeness (QED) is 0.324. The van der Waals surface area contributed by atoms with Crippen molar-refractivity contribution in [2.24, 2.45) is 5.41 Å². The standard InChI is InChI=1S/C24H37NO2.BrH/c1-19(13-14-22-21(3)12-9-16-24(22,4)5)10-8-11-20(2)15-17-27-23(26)18-25(6)7;/h8,10-11,13-15H,9,12,16-18H2,1-7H3;1H/b11-8+,14-13+,19-10+,20-15+;. The number of ether oxygens (including phenoxy) is 1. The van der Waals surface area contributed by atoms with Gasteiger partial charge < -0.3 is 4.74 Å². The number of carbonyl (C=O) groups is 1. The van der Waals surface area contributed by atoms with Gasteiger partial charge in [-0.25, -0.2) is 0 Å². The number of hydrogen-bond acceptors (Lipinski definition) is 3. The summed E-state index contributed by atoms with van der Waals surface area (Å²) in [6.45, 7) is 11.7. The van der Waals surface area contributed by atoms with E-state index >= 15 is 0 Å². The van der Waals surface area contributed by atoms with Gasteiger partial charge in [-0.15, -0.1) is 17.0 Å². The van der Waals surface area contributed by atoms with Crippen LogP contribution in [-0.4, -0.2) is 38.1 Å². The molecular weight excluding hydrogens is 414 g/mol. The fourth-order valence-corrected chi connectivity index (χ4v) is 3.27. The third kappa shape index (κ3) is 10.2. The highest BCUT2D eigenvalue weighted by Crippen LogP contribution is 2.40. The van der Waals surface area contributed by atoms with Gasteiger partial charge in [0.2, 0.25) is 0 Å². The minimum Gasteiger partial charge on any atom is -0.460 e. The highest BCUT2D eigenvalue weighted by molar-refractivity contribution is 8.93. The largest absolute Gasteiger partial charge is 0.460 e. The minimum absolute atomic E-state index is 0. The molecule has 3 nitrogen and oxygen atoms in total. The van der Waals surface area contributed by atoms with Crippen LogP contribution in [0.2, 0.25) is 0 Å². The summed E-state index contributed by atoms with van der Waals surface area (Å²) in [5.41, 5.74) is 5.58. The second kappa shape index (κ2) is 12.9. The molecule has 0 fully saturated rings. The molecule has 0 saturated carbocycles. The van der Waals surface area contributed by atoms with Crippen molar-refractivity contribution >= 4 is 23.0 Å². The molecule has 0 amide bonds. The van der Waals surface area contributed by atoms with Gasteiger partial charge in [-0.2, -0.15) is 0 Å². The molecule has 0 spiro atoms. The van der Waals surface area contributed by atoms with Gasteiger partial charge in [0.15, 0.2) is 0 Å². The molecule has 0 aliphatic heterocycles. The zero-order chi connectivity index (χ0) is 20.4. The molecule has 0 aromatic carbocycles. The number of carbonyl (C=O) groups excluding carboxylic acids is 1. The Labute approximate surface area is 182 Å². The molecule has 1 aliphatic rings. The summed E-state index contributed by atoms with van der Waals surface area (Å²) in [5, 5.41) is 0. The van der Waals surface area contributed by atoms with Gasteiger partial charge >= 0.3 is 5.97 Å². The van der Waals surface area contributed by atoms with Crippen molar-refractivity contribution in [2.45, 2.75) is 53.9 Å². The van der Waals surface area contributed by atoms with Gasteiger partial charge in [-0.1, -0.05) is 60.9 Å². The number of likely N-dealkylation sites (N-methyl/N-ethyl adjacent to an activating group) is 1. The summed E-state index contributed by atoms with van der Waals surface area (Å²) < 4.78 is 5.16. The molecule has 0 heterocycles.